The number of thiophene rings is 1. The van der Waals surface area contributed by atoms with Crippen molar-refractivity contribution in [2.24, 2.45) is 0 Å². The number of benzene rings is 1. The first-order valence-electron chi connectivity index (χ1n) is 9.64. The van der Waals surface area contributed by atoms with Crippen LogP contribution in [0.5, 0.6) is 5.75 Å². The van der Waals surface area contributed by atoms with E-state index in [2.05, 4.69) is 6.07 Å². The van der Waals surface area contributed by atoms with Gasteiger partial charge in [-0.3, -0.25) is 0 Å². The van der Waals surface area contributed by atoms with E-state index in [1.54, 1.807) is 11.3 Å². The molecule has 0 bridgehead atoms. The van der Waals surface area contributed by atoms with Crippen LogP contribution in [0.4, 0.5) is 0 Å². The third-order valence-corrected chi connectivity index (χ3v) is 5.72. The summed E-state index contributed by atoms with van der Waals surface area (Å²) in [4.78, 5) is 14.2. The molecular weight excluding hydrogens is 372 g/mol. The SMILES string of the molecule is C/C=C/c1sc(C)c(C(OC(C)(C)C)C(=O)O)c1-c1ccc2c(c1)CCCO2. The Bertz CT molecular complexity index is 902. The fourth-order valence-corrected chi connectivity index (χ4v) is 4.75. The number of carboxylic acids is 1. The summed E-state index contributed by atoms with van der Waals surface area (Å²) in [5.74, 6) is -0.0396. The molecule has 2 aromatic rings. The minimum Gasteiger partial charge on any atom is -0.493 e. The van der Waals surface area contributed by atoms with Gasteiger partial charge in [0.2, 0.25) is 0 Å². The van der Waals surface area contributed by atoms with Crippen LogP contribution in [0.25, 0.3) is 17.2 Å². The molecule has 0 saturated heterocycles. The van der Waals surface area contributed by atoms with Crippen molar-refractivity contribution in [3.8, 4) is 16.9 Å². The molecule has 28 heavy (non-hydrogen) atoms. The van der Waals surface area contributed by atoms with Crippen LogP contribution in [-0.2, 0) is 16.0 Å². The van der Waals surface area contributed by atoms with E-state index in [9.17, 15) is 9.90 Å². The molecule has 0 spiro atoms. The van der Waals surface area contributed by atoms with Crippen LogP contribution >= 0.6 is 11.3 Å². The lowest BCUT2D eigenvalue weighted by Crippen LogP contribution is -2.27. The number of hydrogen-bond donors (Lipinski definition) is 1. The van der Waals surface area contributed by atoms with E-state index in [0.717, 1.165) is 51.6 Å². The molecular formula is C23H28O4S. The van der Waals surface area contributed by atoms with Crippen molar-refractivity contribution in [1.82, 2.24) is 0 Å². The van der Waals surface area contributed by atoms with E-state index in [0.29, 0.717) is 0 Å². The Morgan fingerprint density at radius 3 is 2.75 bits per heavy atom. The molecule has 2 heterocycles. The Morgan fingerprint density at radius 2 is 2.11 bits per heavy atom. The second-order valence-corrected chi connectivity index (χ2v) is 9.29. The monoisotopic (exact) mass is 400 g/mol. The lowest BCUT2D eigenvalue weighted by molar-refractivity contribution is -0.160. The second-order valence-electron chi connectivity index (χ2n) is 8.03. The lowest BCUT2D eigenvalue weighted by Gasteiger charge is -2.26. The molecule has 3 rings (SSSR count). The molecule has 5 heteroatoms. The highest BCUT2D eigenvalue weighted by molar-refractivity contribution is 7.13. The molecule has 0 radical (unpaired) electrons. The van der Waals surface area contributed by atoms with Crippen molar-refractivity contribution in [3.05, 3.63) is 45.2 Å². The maximum absolute atomic E-state index is 12.2. The normalized spacial score (nSPS) is 15.3. The molecule has 0 saturated carbocycles. The molecule has 1 atom stereocenters. The zero-order chi connectivity index (χ0) is 20.5. The third kappa shape index (κ3) is 4.31. The Hall–Kier alpha value is -2.11. The number of allylic oxidation sites excluding steroid dienone is 1. The van der Waals surface area contributed by atoms with Crippen molar-refractivity contribution < 1.29 is 19.4 Å². The molecule has 1 unspecified atom stereocenters. The van der Waals surface area contributed by atoms with Crippen molar-refractivity contribution in [1.29, 1.82) is 0 Å². The van der Waals surface area contributed by atoms with Gasteiger partial charge in [-0.1, -0.05) is 12.1 Å². The van der Waals surface area contributed by atoms with Gasteiger partial charge < -0.3 is 14.6 Å². The van der Waals surface area contributed by atoms with E-state index in [4.69, 9.17) is 9.47 Å². The summed E-state index contributed by atoms with van der Waals surface area (Å²) in [5.41, 5.74) is 3.32. The van der Waals surface area contributed by atoms with Crippen molar-refractivity contribution in [2.45, 2.75) is 59.2 Å². The van der Waals surface area contributed by atoms with E-state index in [1.165, 1.54) is 5.56 Å². The number of fused-ring (bicyclic) bond motifs is 1. The highest BCUT2D eigenvalue weighted by Crippen LogP contribution is 2.44. The van der Waals surface area contributed by atoms with Gasteiger partial charge in [0, 0.05) is 20.9 Å². The van der Waals surface area contributed by atoms with Gasteiger partial charge in [0.15, 0.2) is 6.10 Å². The van der Waals surface area contributed by atoms with E-state index in [-0.39, 0.29) is 0 Å². The molecule has 1 aliphatic heterocycles. The van der Waals surface area contributed by atoms with Gasteiger partial charge in [-0.05, 0) is 76.8 Å². The van der Waals surface area contributed by atoms with Gasteiger partial charge in [-0.15, -0.1) is 11.3 Å². The van der Waals surface area contributed by atoms with Crippen LogP contribution in [0.15, 0.2) is 24.3 Å². The second kappa shape index (κ2) is 8.10. The predicted octanol–water partition coefficient (Wildman–Crippen LogP) is 6.02. The maximum atomic E-state index is 12.2. The Morgan fingerprint density at radius 1 is 1.36 bits per heavy atom. The zero-order valence-corrected chi connectivity index (χ0v) is 18.0. The third-order valence-electron chi connectivity index (χ3n) is 4.63. The predicted molar refractivity (Wildman–Crippen MR) is 114 cm³/mol. The molecule has 1 aromatic carbocycles. The number of aryl methyl sites for hydroxylation is 2. The average Bonchev–Trinajstić information content (AvgIpc) is 2.94. The van der Waals surface area contributed by atoms with Crippen molar-refractivity contribution >= 4 is 23.4 Å². The largest absolute Gasteiger partial charge is 0.493 e. The summed E-state index contributed by atoms with van der Waals surface area (Å²) >= 11 is 1.61. The number of carboxylic acid groups (broad SMARTS) is 1. The summed E-state index contributed by atoms with van der Waals surface area (Å²) in [7, 11) is 0. The highest BCUT2D eigenvalue weighted by Gasteiger charge is 2.33. The number of carbonyl (C=O) groups is 1. The number of ether oxygens (including phenoxy) is 2. The molecule has 1 aliphatic rings. The molecule has 0 aliphatic carbocycles. The van der Waals surface area contributed by atoms with Crippen LogP contribution in [0.3, 0.4) is 0 Å². The Labute approximate surface area is 170 Å². The summed E-state index contributed by atoms with van der Waals surface area (Å²) in [6.07, 6.45) is 4.99. The van der Waals surface area contributed by atoms with Gasteiger partial charge >= 0.3 is 5.97 Å². The molecule has 0 amide bonds. The first-order chi connectivity index (χ1) is 13.2. The minimum absolute atomic E-state index is 0.570. The molecule has 4 nitrogen and oxygen atoms in total. The first-order valence-corrected chi connectivity index (χ1v) is 10.5. The van der Waals surface area contributed by atoms with Crippen LogP contribution in [0.2, 0.25) is 0 Å². The number of rotatable bonds is 5. The summed E-state index contributed by atoms with van der Waals surface area (Å²) in [6, 6.07) is 6.17. The van der Waals surface area contributed by atoms with Gasteiger partial charge in [0.1, 0.15) is 5.75 Å². The van der Waals surface area contributed by atoms with Gasteiger partial charge in [-0.25, -0.2) is 4.79 Å². The van der Waals surface area contributed by atoms with Crippen LogP contribution in [0, 0.1) is 6.92 Å². The molecule has 1 N–H and O–H groups in total. The standard InChI is InChI=1S/C23H28O4S/c1-6-8-18-20(16-10-11-17-15(13-16)9-7-12-26-17)19(14(2)28-18)21(22(24)25)27-23(3,4)5/h6,8,10-11,13,21H,7,9,12H2,1-5H3,(H,24,25)/b8-6+. The summed E-state index contributed by atoms with van der Waals surface area (Å²) in [6.45, 7) is 10.3. The van der Waals surface area contributed by atoms with Crippen molar-refractivity contribution in [3.63, 3.8) is 0 Å². The quantitative estimate of drug-likeness (QED) is 0.666. The van der Waals surface area contributed by atoms with Crippen LogP contribution in [0.1, 0.15) is 61.1 Å². The van der Waals surface area contributed by atoms with Crippen LogP contribution in [-0.4, -0.2) is 23.3 Å². The number of hydrogen-bond acceptors (Lipinski definition) is 4. The minimum atomic E-state index is -1.02. The summed E-state index contributed by atoms with van der Waals surface area (Å²) < 4.78 is 11.7. The molecule has 150 valence electrons. The average molecular weight is 401 g/mol. The smallest absolute Gasteiger partial charge is 0.337 e. The summed E-state index contributed by atoms with van der Waals surface area (Å²) in [5, 5.41) is 9.96. The fourth-order valence-electron chi connectivity index (χ4n) is 3.56. The van der Waals surface area contributed by atoms with Crippen molar-refractivity contribution in [2.75, 3.05) is 6.61 Å². The topological polar surface area (TPSA) is 55.8 Å². The highest BCUT2D eigenvalue weighted by atomic mass is 32.1. The Kier molecular flexibility index (Phi) is 5.96. The van der Waals surface area contributed by atoms with E-state index < -0.39 is 17.7 Å². The first kappa shape index (κ1) is 20.6. The van der Waals surface area contributed by atoms with Crippen LogP contribution < -0.4 is 4.74 Å². The zero-order valence-electron chi connectivity index (χ0n) is 17.2. The Balaban J connectivity index is 2.20. The fraction of sp³-hybridized carbons (Fsp3) is 0.435. The van der Waals surface area contributed by atoms with Gasteiger partial charge in [0.05, 0.1) is 12.2 Å². The maximum Gasteiger partial charge on any atom is 0.337 e. The van der Waals surface area contributed by atoms with Gasteiger partial charge in [-0.2, -0.15) is 0 Å². The number of aliphatic carboxylic acids is 1. The van der Waals surface area contributed by atoms with E-state index >= 15 is 0 Å². The molecule has 1 aromatic heterocycles. The van der Waals surface area contributed by atoms with Gasteiger partial charge in [0.25, 0.3) is 0 Å². The molecule has 0 fully saturated rings. The van der Waals surface area contributed by atoms with E-state index in [1.807, 2.05) is 58.9 Å². The lowest BCUT2D eigenvalue weighted by atomic mass is 9.93.